The van der Waals surface area contributed by atoms with Gasteiger partial charge in [0.15, 0.2) is 0 Å². The number of carbonyl (C=O) groups is 1. The Morgan fingerprint density at radius 2 is 2.00 bits per heavy atom. The molecule has 1 amide bonds. The van der Waals surface area contributed by atoms with Gasteiger partial charge in [-0.1, -0.05) is 30.3 Å². The quantitative estimate of drug-likeness (QED) is 0.735. The van der Waals surface area contributed by atoms with E-state index in [1.165, 1.54) is 5.56 Å². The molecule has 3 heteroatoms. The summed E-state index contributed by atoms with van der Waals surface area (Å²) < 4.78 is 5.32. The summed E-state index contributed by atoms with van der Waals surface area (Å²) in [5, 5.41) is 0. The fourth-order valence-electron chi connectivity index (χ4n) is 1.78. The molecule has 0 N–H and O–H groups in total. The smallest absolute Gasteiger partial charge is 0.410 e. The maximum Gasteiger partial charge on any atom is 0.410 e. The van der Waals surface area contributed by atoms with Crippen molar-refractivity contribution in [3.05, 3.63) is 35.9 Å². The zero-order chi connectivity index (χ0) is 12.5. The fraction of sp³-hybridized carbons (Fsp3) is 0.500. The lowest BCUT2D eigenvalue weighted by Gasteiger charge is -2.19. The van der Waals surface area contributed by atoms with E-state index in [2.05, 4.69) is 12.1 Å². The van der Waals surface area contributed by atoms with Crippen LogP contribution in [-0.4, -0.2) is 29.2 Å². The molecule has 1 atom stereocenters. The molecule has 3 nitrogen and oxygen atoms in total. The van der Waals surface area contributed by atoms with Crippen LogP contribution in [0.3, 0.4) is 0 Å². The van der Waals surface area contributed by atoms with Crippen LogP contribution in [0, 0.1) is 0 Å². The zero-order valence-electron chi connectivity index (χ0n) is 10.6. The third-order valence-corrected chi connectivity index (χ3v) is 2.66. The Labute approximate surface area is 102 Å². The van der Waals surface area contributed by atoms with Crippen molar-refractivity contribution in [1.82, 2.24) is 4.90 Å². The Kier molecular flexibility index (Phi) is 3.09. The van der Waals surface area contributed by atoms with E-state index in [1.807, 2.05) is 39.0 Å². The average Bonchev–Trinajstić information content (AvgIpc) is 2.96. The molecular formula is C14H19NO2. The largest absolute Gasteiger partial charge is 0.444 e. The van der Waals surface area contributed by atoms with E-state index in [0.29, 0.717) is 6.04 Å². The van der Waals surface area contributed by atoms with Gasteiger partial charge in [0, 0.05) is 6.54 Å². The summed E-state index contributed by atoms with van der Waals surface area (Å²) in [6, 6.07) is 10.5. The monoisotopic (exact) mass is 233 g/mol. The van der Waals surface area contributed by atoms with E-state index in [-0.39, 0.29) is 6.09 Å². The molecule has 92 valence electrons. The van der Waals surface area contributed by atoms with Crippen molar-refractivity contribution >= 4 is 6.09 Å². The predicted octanol–water partition coefficient (Wildman–Crippen LogP) is 2.85. The topological polar surface area (TPSA) is 29.3 Å². The summed E-state index contributed by atoms with van der Waals surface area (Å²) in [5.41, 5.74) is 0.861. The molecule has 0 spiro atoms. The highest BCUT2D eigenvalue weighted by molar-refractivity contribution is 5.71. The summed E-state index contributed by atoms with van der Waals surface area (Å²) in [4.78, 5) is 13.5. The van der Waals surface area contributed by atoms with E-state index < -0.39 is 5.60 Å². The Morgan fingerprint density at radius 1 is 1.35 bits per heavy atom. The molecule has 0 bridgehead atoms. The number of ether oxygens (including phenoxy) is 1. The first-order chi connectivity index (χ1) is 7.96. The molecule has 1 aliphatic heterocycles. The van der Waals surface area contributed by atoms with Crippen molar-refractivity contribution in [2.75, 3.05) is 6.54 Å². The SMILES string of the molecule is CC(C)(C)OC(=O)N1CC1Cc1ccccc1. The van der Waals surface area contributed by atoms with Gasteiger partial charge in [0.2, 0.25) is 0 Å². The average molecular weight is 233 g/mol. The lowest BCUT2D eigenvalue weighted by molar-refractivity contribution is 0.0407. The Hall–Kier alpha value is -1.51. The number of hydrogen-bond acceptors (Lipinski definition) is 2. The second-order valence-corrected chi connectivity index (χ2v) is 5.48. The predicted molar refractivity (Wildman–Crippen MR) is 66.9 cm³/mol. The van der Waals surface area contributed by atoms with Gasteiger partial charge in [0.1, 0.15) is 5.60 Å². The van der Waals surface area contributed by atoms with Gasteiger partial charge in [-0.25, -0.2) is 4.79 Å². The summed E-state index contributed by atoms with van der Waals surface area (Å²) in [5.74, 6) is 0. The lowest BCUT2D eigenvalue weighted by atomic mass is 10.1. The third kappa shape index (κ3) is 3.48. The van der Waals surface area contributed by atoms with Crippen molar-refractivity contribution in [3.8, 4) is 0 Å². The molecule has 0 aliphatic carbocycles. The van der Waals surface area contributed by atoms with Crippen LogP contribution in [-0.2, 0) is 11.2 Å². The Bertz CT molecular complexity index is 394. The number of benzene rings is 1. The van der Waals surface area contributed by atoms with Crippen LogP contribution in [0.4, 0.5) is 4.79 Å². The molecule has 1 fully saturated rings. The molecule has 0 saturated carbocycles. The highest BCUT2D eigenvalue weighted by atomic mass is 16.6. The summed E-state index contributed by atoms with van der Waals surface area (Å²) >= 11 is 0. The summed E-state index contributed by atoms with van der Waals surface area (Å²) in [6.07, 6.45) is 0.721. The van der Waals surface area contributed by atoms with Gasteiger partial charge in [-0.15, -0.1) is 0 Å². The van der Waals surface area contributed by atoms with Crippen LogP contribution < -0.4 is 0 Å². The first-order valence-electron chi connectivity index (χ1n) is 5.99. The molecule has 17 heavy (non-hydrogen) atoms. The minimum absolute atomic E-state index is 0.196. The van der Waals surface area contributed by atoms with Gasteiger partial charge in [-0.3, -0.25) is 0 Å². The standard InChI is InChI=1S/C14H19NO2/c1-14(2,3)17-13(16)15-10-12(15)9-11-7-5-4-6-8-11/h4-8,12H,9-10H2,1-3H3. The highest BCUT2D eigenvalue weighted by Gasteiger charge is 2.40. The number of rotatable bonds is 2. The molecule has 1 unspecified atom stereocenters. The molecule has 1 saturated heterocycles. The van der Waals surface area contributed by atoms with Gasteiger partial charge in [-0.05, 0) is 32.8 Å². The van der Waals surface area contributed by atoms with Crippen molar-refractivity contribution in [2.45, 2.75) is 38.8 Å². The molecule has 1 aliphatic rings. The molecule has 2 rings (SSSR count). The lowest BCUT2D eigenvalue weighted by Crippen LogP contribution is -2.28. The van der Waals surface area contributed by atoms with E-state index in [1.54, 1.807) is 4.90 Å². The second kappa shape index (κ2) is 4.40. The van der Waals surface area contributed by atoms with E-state index in [9.17, 15) is 4.79 Å². The molecule has 1 heterocycles. The van der Waals surface area contributed by atoms with Gasteiger partial charge in [0.25, 0.3) is 0 Å². The second-order valence-electron chi connectivity index (χ2n) is 5.48. The first kappa shape index (κ1) is 12.0. The van der Waals surface area contributed by atoms with Crippen molar-refractivity contribution in [2.24, 2.45) is 0 Å². The molecule has 1 aromatic carbocycles. The minimum atomic E-state index is -0.406. The van der Waals surface area contributed by atoms with Crippen molar-refractivity contribution in [1.29, 1.82) is 0 Å². The zero-order valence-corrected chi connectivity index (χ0v) is 10.6. The number of amides is 1. The molecular weight excluding hydrogens is 214 g/mol. The Morgan fingerprint density at radius 3 is 2.59 bits per heavy atom. The van der Waals surface area contributed by atoms with Crippen LogP contribution in [0.5, 0.6) is 0 Å². The molecule has 0 radical (unpaired) electrons. The Balaban J connectivity index is 1.83. The third-order valence-electron chi connectivity index (χ3n) is 2.66. The van der Waals surface area contributed by atoms with E-state index >= 15 is 0 Å². The van der Waals surface area contributed by atoms with Crippen LogP contribution in [0.1, 0.15) is 26.3 Å². The fourth-order valence-corrected chi connectivity index (χ4v) is 1.78. The minimum Gasteiger partial charge on any atom is -0.444 e. The van der Waals surface area contributed by atoms with Crippen LogP contribution in [0.15, 0.2) is 30.3 Å². The molecule has 0 aromatic heterocycles. The normalized spacial score (nSPS) is 19.0. The number of nitrogens with zero attached hydrogens (tertiary/aromatic N) is 1. The summed E-state index contributed by atoms with van der Waals surface area (Å²) in [7, 11) is 0. The number of carbonyl (C=O) groups excluding carboxylic acids is 1. The van der Waals surface area contributed by atoms with Gasteiger partial charge in [0.05, 0.1) is 6.04 Å². The molecule has 1 aromatic rings. The van der Waals surface area contributed by atoms with E-state index in [4.69, 9.17) is 4.74 Å². The van der Waals surface area contributed by atoms with Crippen molar-refractivity contribution < 1.29 is 9.53 Å². The van der Waals surface area contributed by atoms with Crippen LogP contribution >= 0.6 is 0 Å². The number of hydrogen-bond donors (Lipinski definition) is 0. The van der Waals surface area contributed by atoms with E-state index in [0.717, 1.165) is 13.0 Å². The first-order valence-corrected chi connectivity index (χ1v) is 5.99. The highest BCUT2D eigenvalue weighted by Crippen LogP contribution is 2.24. The van der Waals surface area contributed by atoms with Crippen LogP contribution in [0.25, 0.3) is 0 Å². The maximum atomic E-state index is 11.7. The summed E-state index contributed by atoms with van der Waals surface area (Å²) in [6.45, 7) is 6.48. The maximum absolute atomic E-state index is 11.7. The van der Waals surface area contributed by atoms with Gasteiger partial charge < -0.3 is 9.64 Å². The van der Waals surface area contributed by atoms with Crippen LogP contribution in [0.2, 0.25) is 0 Å². The van der Waals surface area contributed by atoms with Crippen molar-refractivity contribution in [3.63, 3.8) is 0 Å². The van der Waals surface area contributed by atoms with Gasteiger partial charge >= 0.3 is 6.09 Å². The van der Waals surface area contributed by atoms with Gasteiger partial charge in [-0.2, -0.15) is 0 Å².